The van der Waals surface area contributed by atoms with E-state index in [2.05, 4.69) is 4.98 Å². The molecule has 5 heteroatoms. The third-order valence-corrected chi connectivity index (χ3v) is 3.46. The average Bonchev–Trinajstić information content (AvgIpc) is 2.83. The number of carbonyl (C=O) groups excluding carboxylic acids is 1. The van der Waals surface area contributed by atoms with Gasteiger partial charge in [0.2, 0.25) is 0 Å². The van der Waals surface area contributed by atoms with E-state index in [1.165, 1.54) is 11.3 Å². The van der Waals surface area contributed by atoms with E-state index in [4.69, 9.17) is 4.74 Å². The van der Waals surface area contributed by atoms with Gasteiger partial charge in [-0.1, -0.05) is 17.7 Å². The van der Waals surface area contributed by atoms with Crippen molar-refractivity contribution in [3.05, 3.63) is 45.4 Å². The van der Waals surface area contributed by atoms with Gasteiger partial charge in [-0.2, -0.15) is 0 Å². The first-order chi connectivity index (χ1) is 9.10. The highest BCUT2D eigenvalue weighted by molar-refractivity contribution is 7.09. The van der Waals surface area contributed by atoms with E-state index in [9.17, 15) is 9.90 Å². The fourth-order valence-corrected chi connectivity index (χ4v) is 2.50. The van der Waals surface area contributed by atoms with Crippen LogP contribution in [0.5, 0.6) is 5.75 Å². The molecule has 1 N–H and O–H groups in total. The summed E-state index contributed by atoms with van der Waals surface area (Å²) in [7, 11) is 0. The first-order valence-corrected chi connectivity index (χ1v) is 6.88. The molecule has 1 aromatic heterocycles. The topological polar surface area (TPSA) is 59.4 Å². The highest BCUT2D eigenvalue weighted by atomic mass is 32.1. The molecule has 0 saturated carbocycles. The molecule has 0 aliphatic heterocycles. The number of nitrogens with zero attached hydrogens (tertiary/aromatic N) is 1. The summed E-state index contributed by atoms with van der Waals surface area (Å²) in [6.07, 6.45) is 0.511. The first-order valence-electron chi connectivity index (χ1n) is 6.00. The van der Waals surface area contributed by atoms with Gasteiger partial charge in [-0.15, -0.1) is 11.3 Å². The molecule has 0 unspecified atom stereocenters. The number of hydrogen-bond donors (Lipinski definition) is 1. The SMILES string of the molecule is CCOC(=O)c1csc(Cc2cc(C)ccc2O)n1. The normalized spacial score (nSPS) is 10.4. The third kappa shape index (κ3) is 3.32. The van der Waals surface area contributed by atoms with Crippen molar-refractivity contribution in [2.75, 3.05) is 6.61 Å². The van der Waals surface area contributed by atoms with Gasteiger partial charge < -0.3 is 9.84 Å². The van der Waals surface area contributed by atoms with Gasteiger partial charge in [0.15, 0.2) is 5.69 Å². The van der Waals surface area contributed by atoms with Gasteiger partial charge in [-0.05, 0) is 19.9 Å². The van der Waals surface area contributed by atoms with E-state index in [0.717, 1.165) is 16.1 Å². The van der Waals surface area contributed by atoms with Gasteiger partial charge in [-0.3, -0.25) is 0 Å². The molecule has 4 nitrogen and oxygen atoms in total. The van der Waals surface area contributed by atoms with Gasteiger partial charge in [0.25, 0.3) is 0 Å². The maximum absolute atomic E-state index is 11.5. The molecule has 0 aliphatic carbocycles. The van der Waals surface area contributed by atoms with Crippen LogP contribution in [0.2, 0.25) is 0 Å². The molecule has 0 fully saturated rings. The number of rotatable bonds is 4. The predicted molar refractivity (Wildman–Crippen MR) is 73.7 cm³/mol. The highest BCUT2D eigenvalue weighted by Gasteiger charge is 2.12. The summed E-state index contributed by atoms with van der Waals surface area (Å²) in [6, 6.07) is 5.44. The molecule has 0 amide bonds. The van der Waals surface area contributed by atoms with Crippen molar-refractivity contribution in [2.24, 2.45) is 0 Å². The van der Waals surface area contributed by atoms with Crippen molar-refractivity contribution >= 4 is 17.3 Å². The van der Waals surface area contributed by atoms with Crippen LogP contribution in [0, 0.1) is 6.92 Å². The van der Waals surface area contributed by atoms with E-state index in [1.54, 1.807) is 18.4 Å². The molecule has 19 heavy (non-hydrogen) atoms. The lowest BCUT2D eigenvalue weighted by Crippen LogP contribution is -2.05. The Kier molecular flexibility index (Phi) is 4.16. The van der Waals surface area contributed by atoms with Gasteiger partial charge in [0.1, 0.15) is 5.75 Å². The van der Waals surface area contributed by atoms with E-state index >= 15 is 0 Å². The minimum atomic E-state index is -0.404. The van der Waals surface area contributed by atoms with Crippen molar-refractivity contribution in [3.8, 4) is 5.75 Å². The molecule has 1 aromatic carbocycles. The number of aryl methyl sites for hydroxylation is 1. The molecule has 0 spiro atoms. The van der Waals surface area contributed by atoms with Gasteiger partial charge in [0, 0.05) is 17.4 Å². The monoisotopic (exact) mass is 277 g/mol. The number of esters is 1. The van der Waals surface area contributed by atoms with Crippen LogP contribution < -0.4 is 0 Å². The third-order valence-electron chi connectivity index (χ3n) is 2.61. The summed E-state index contributed by atoms with van der Waals surface area (Å²) in [4.78, 5) is 15.7. The maximum Gasteiger partial charge on any atom is 0.357 e. The number of ether oxygens (including phenoxy) is 1. The van der Waals surface area contributed by atoms with Crippen molar-refractivity contribution < 1.29 is 14.6 Å². The number of hydrogen-bond acceptors (Lipinski definition) is 5. The summed E-state index contributed by atoms with van der Waals surface area (Å²) in [6.45, 7) is 4.06. The zero-order valence-electron chi connectivity index (χ0n) is 10.8. The Balaban J connectivity index is 2.15. The summed E-state index contributed by atoms with van der Waals surface area (Å²) >= 11 is 1.39. The number of phenols is 1. The van der Waals surface area contributed by atoms with Crippen LogP contribution in [0.25, 0.3) is 0 Å². The number of benzene rings is 1. The van der Waals surface area contributed by atoms with Crippen LogP contribution in [-0.4, -0.2) is 22.7 Å². The minimum absolute atomic E-state index is 0.249. The molecule has 1 heterocycles. The van der Waals surface area contributed by atoms with Gasteiger partial charge >= 0.3 is 5.97 Å². The minimum Gasteiger partial charge on any atom is -0.508 e. The molecule has 2 rings (SSSR count). The van der Waals surface area contributed by atoms with Gasteiger partial charge in [-0.25, -0.2) is 9.78 Å². The Hall–Kier alpha value is -1.88. The summed E-state index contributed by atoms with van der Waals surface area (Å²) < 4.78 is 4.89. The molecule has 0 aliphatic rings. The largest absolute Gasteiger partial charge is 0.508 e. The lowest BCUT2D eigenvalue weighted by Gasteiger charge is -2.03. The Labute approximate surface area is 115 Å². The average molecular weight is 277 g/mol. The van der Waals surface area contributed by atoms with E-state index in [1.807, 2.05) is 19.1 Å². The zero-order chi connectivity index (χ0) is 13.8. The standard InChI is InChI=1S/C14H15NO3S/c1-3-18-14(17)11-8-19-13(15-11)7-10-6-9(2)4-5-12(10)16/h4-6,8,16H,3,7H2,1-2H3. The lowest BCUT2D eigenvalue weighted by atomic mass is 10.1. The highest BCUT2D eigenvalue weighted by Crippen LogP contribution is 2.23. The molecule has 0 bridgehead atoms. The van der Waals surface area contributed by atoms with E-state index in [-0.39, 0.29) is 5.75 Å². The van der Waals surface area contributed by atoms with Crippen molar-refractivity contribution in [3.63, 3.8) is 0 Å². The summed E-state index contributed by atoms with van der Waals surface area (Å²) in [5, 5.41) is 12.2. The van der Waals surface area contributed by atoms with E-state index < -0.39 is 5.97 Å². The Morgan fingerprint density at radius 2 is 2.26 bits per heavy atom. The molecular weight excluding hydrogens is 262 g/mol. The van der Waals surface area contributed by atoms with Crippen molar-refractivity contribution in [1.29, 1.82) is 0 Å². The quantitative estimate of drug-likeness (QED) is 0.873. The van der Waals surface area contributed by atoms with Crippen LogP contribution in [0.4, 0.5) is 0 Å². The van der Waals surface area contributed by atoms with Crippen LogP contribution in [-0.2, 0) is 11.2 Å². The molecular formula is C14H15NO3S. The molecule has 0 saturated heterocycles. The van der Waals surface area contributed by atoms with Gasteiger partial charge in [0.05, 0.1) is 11.6 Å². The summed E-state index contributed by atoms with van der Waals surface area (Å²) in [5.74, 6) is -0.156. The number of thiazole rings is 1. The molecule has 0 atom stereocenters. The second-order valence-corrected chi connectivity index (χ2v) is 5.10. The van der Waals surface area contributed by atoms with Crippen LogP contribution in [0.1, 0.15) is 33.5 Å². The lowest BCUT2D eigenvalue weighted by molar-refractivity contribution is 0.0520. The number of aromatic hydroxyl groups is 1. The van der Waals surface area contributed by atoms with Crippen LogP contribution in [0.3, 0.4) is 0 Å². The second kappa shape index (κ2) is 5.84. The summed E-state index contributed by atoms with van der Waals surface area (Å²) in [5.41, 5.74) is 2.22. The predicted octanol–water partition coefficient (Wildman–Crippen LogP) is 2.92. The van der Waals surface area contributed by atoms with Crippen molar-refractivity contribution in [1.82, 2.24) is 4.98 Å². The fourth-order valence-electron chi connectivity index (χ4n) is 1.71. The van der Waals surface area contributed by atoms with E-state index in [0.29, 0.717) is 18.7 Å². The van der Waals surface area contributed by atoms with Crippen LogP contribution >= 0.6 is 11.3 Å². The smallest absolute Gasteiger partial charge is 0.357 e. The first kappa shape index (κ1) is 13.5. The Morgan fingerprint density at radius 3 is 3.00 bits per heavy atom. The molecule has 100 valence electrons. The molecule has 2 aromatic rings. The van der Waals surface area contributed by atoms with Crippen LogP contribution in [0.15, 0.2) is 23.6 Å². The fraction of sp³-hybridized carbons (Fsp3) is 0.286. The zero-order valence-corrected chi connectivity index (χ0v) is 11.7. The second-order valence-electron chi connectivity index (χ2n) is 4.16. The Bertz CT molecular complexity index is 592. The number of aromatic nitrogens is 1. The number of carbonyl (C=O) groups is 1. The van der Waals surface area contributed by atoms with Crippen molar-refractivity contribution in [2.45, 2.75) is 20.3 Å². The molecule has 0 radical (unpaired) electrons. The Morgan fingerprint density at radius 1 is 1.47 bits per heavy atom. The number of phenolic OH excluding ortho intramolecular Hbond substituents is 1. The maximum atomic E-state index is 11.5.